The van der Waals surface area contributed by atoms with Gasteiger partial charge in [0.2, 0.25) is 5.76 Å². The van der Waals surface area contributed by atoms with Crippen LogP contribution in [0, 0.1) is 0 Å². The number of esters is 1. The van der Waals surface area contributed by atoms with Gasteiger partial charge in [-0.05, 0) is 25.1 Å². The molecule has 0 aliphatic carbocycles. The van der Waals surface area contributed by atoms with Gasteiger partial charge in [0.25, 0.3) is 5.91 Å². The largest absolute Gasteiger partial charge is 0.489 e. The molecule has 3 rings (SSSR count). The average Bonchev–Trinajstić information content (AvgIpc) is 3.32. The molecule has 0 fully saturated rings. The van der Waals surface area contributed by atoms with Gasteiger partial charge in [0.15, 0.2) is 0 Å². The van der Waals surface area contributed by atoms with Crippen molar-refractivity contribution in [2.24, 2.45) is 0 Å². The number of hydrogen-bond acceptors (Lipinski definition) is 6. The minimum absolute atomic E-state index is 0.0128. The zero-order chi connectivity index (χ0) is 24.9. The molecule has 0 bridgehead atoms. The highest BCUT2D eigenvalue weighted by Gasteiger charge is 2.33. The van der Waals surface area contributed by atoms with Crippen molar-refractivity contribution in [3.63, 3.8) is 0 Å². The van der Waals surface area contributed by atoms with Crippen LogP contribution in [-0.4, -0.2) is 42.1 Å². The third-order valence-electron chi connectivity index (χ3n) is 5.24. The first-order valence-electron chi connectivity index (χ1n) is 10.3. The van der Waals surface area contributed by atoms with E-state index < -0.39 is 29.7 Å². The number of alkyl halides is 3. The van der Waals surface area contributed by atoms with Gasteiger partial charge in [0, 0.05) is 30.3 Å². The second kappa shape index (κ2) is 10.4. The Labute approximate surface area is 194 Å². The van der Waals surface area contributed by atoms with Crippen LogP contribution in [0.1, 0.15) is 35.0 Å². The molecule has 1 amide bonds. The van der Waals surface area contributed by atoms with E-state index in [1.54, 1.807) is 31.2 Å². The second-order valence-corrected chi connectivity index (χ2v) is 7.59. The molecule has 34 heavy (non-hydrogen) atoms. The number of carbonyl (C=O) groups excluding carboxylic acids is 2. The van der Waals surface area contributed by atoms with E-state index in [4.69, 9.17) is 9.26 Å². The van der Waals surface area contributed by atoms with Gasteiger partial charge in [-0.15, -0.1) is 0 Å². The summed E-state index contributed by atoms with van der Waals surface area (Å²) in [5.41, 5.74) is 0.156. The number of hydrogen-bond donors (Lipinski definition) is 0. The van der Waals surface area contributed by atoms with E-state index >= 15 is 0 Å². The van der Waals surface area contributed by atoms with Gasteiger partial charge in [0.05, 0.1) is 19.1 Å². The Hall–Kier alpha value is -3.82. The van der Waals surface area contributed by atoms with Crippen molar-refractivity contribution in [3.8, 4) is 17.0 Å². The molecule has 0 aliphatic rings. The molecule has 1 atom stereocenters. The van der Waals surface area contributed by atoms with Gasteiger partial charge in [-0.25, -0.2) is 0 Å². The first-order chi connectivity index (χ1) is 16.1. The van der Waals surface area contributed by atoms with Crippen molar-refractivity contribution in [2.45, 2.75) is 32.2 Å². The van der Waals surface area contributed by atoms with Crippen LogP contribution in [0.3, 0.4) is 0 Å². The quantitative estimate of drug-likeness (QED) is 0.428. The first-order valence-corrected chi connectivity index (χ1v) is 10.3. The number of methoxy groups -OCH3 is 1. The van der Waals surface area contributed by atoms with E-state index in [2.05, 4.69) is 9.89 Å². The van der Waals surface area contributed by atoms with Crippen LogP contribution in [0.25, 0.3) is 11.3 Å². The highest BCUT2D eigenvalue weighted by molar-refractivity contribution is 5.92. The molecule has 0 radical (unpaired) electrons. The SMILES string of the molecule is COC(=O)CC(C)N(C)C(=O)c1cc(-c2cccc(OCc3ccccc3C(F)(F)F)c2)no1. The topological polar surface area (TPSA) is 81.9 Å². The number of carbonyl (C=O) groups is 2. The second-order valence-electron chi connectivity index (χ2n) is 7.59. The Morgan fingerprint density at radius 1 is 1.12 bits per heavy atom. The number of benzene rings is 2. The van der Waals surface area contributed by atoms with Crippen molar-refractivity contribution in [2.75, 3.05) is 14.2 Å². The maximum atomic E-state index is 13.2. The molecule has 0 spiro atoms. The Balaban J connectivity index is 1.71. The predicted octanol–water partition coefficient (Wildman–Crippen LogP) is 4.96. The predicted molar refractivity (Wildman–Crippen MR) is 116 cm³/mol. The number of halogens is 3. The fraction of sp³-hybridized carbons (Fsp3) is 0.292. The zero-order valence-corrected chi connectivity index (χ0v) is 18.8. The molecule has 2 aromatic carbocycles. The summed E-state index contributed by atoms with van der Waals surface area (Å²) in [5, 5.41) is 3.91. The van der Waals surface area contributed by atoms with E-state index in [1.807, 2.05) is 0 Å². The Bertz CT molecular complexity index is 1160. The van der Waals surface area contributed by atoms with Crippen LogP contribution in [0.2, 0.25) is 0 Å². The van der Waals surface area contributed by atoms with E-state index in [1.165, 1.54) is 43.3 Å². The van der Waals surface area contributed by atoms with Gasteiger partial charge in [-0.2, -0.15) is 13.2 Å². The summed E-state index contributed by atoms with van der Waals surface area (Å²) in [6.07, 6.45) is -4.45. The molecule has 0 N–H and O–H groups in total. The molecule has 180 valence electrons. The third-order valence-corrected chi connectivity index (χ3v) is 5.24. The number of ether oxygens (including phenoxy) is 2. The number of amides is 1. The molecule has 7 nitrogen and oxygen atoms in total. The number of aromatic nitrogens is 1. The van der Waals surface area contributed by atoms with Crippen molar-refractivity contribution in [1.29, 1.82) is 0 Å². The fourth-order valence-corrected chi connectivity index (χ4v) is 3.18. The van der Waals surface area contributed by atoms with E-state index in [9.17, 15) is 22.8 Å². The van der Waals surface area contributed by atoms with Gasteiger partial charge in [-0.3, -0.25) is 9.59 Å². The highest BCUT2D eigenvalue weighted by Crippen LogP contribution is 2.32. The van der Waals surface area contributed by atoms with Gasteiger partial charge in [-0.1, -0.05) is 35.5 Å². The minimum Gasteiger partial charge on any atom is -0.489 e. The van der Waals surface area contributed by atoms with Crippen molar-refractivity contribution in [1.82, 2.24) is 10.1 Å². The molecule has 1 heterocycles. The molecule has 1 unspecified atom stereocenters. The van der Waals surface area contributed by atoms with Crippen molar-refractivity contribution in [3.05, 3.63) is 71.5 Å². The van der Waals surface area contributed by atoms with Crippen LogP contribution < -0.4 is 4.74 Å². The summed E-state index contributed by atoms with van der Waals surface area (Å²) >= 11 is 0. The normalized spacial score (nSPS) is 12.2. The Morgan fingerprint density at radius 3 is 2.56 bits per heavy atom. The maximum absolute atomic E-state index is 13.2. The summed E-state index contributed by atoms with van der Waals surface area (Å²) in [6.45, 7) is 1.43. The smallest absolute Gasteiger partial charge is 0.416 e. The summed E-state index contributed by atoms with van der Waals surface area (Å²) in [6, 6.07) is 12.8. The van der Waals surface area contributed by atoms with Crippen LogP contribution >= 0.6 is 0 Å². The molecular formula is C24H23F3N2O5. The summed E-state index contributed by atoms with van der Waals surface area (Å²) in [7, 11) is 2.80. The molecule has 0 saturated heterocycles. The third kappa shape index (κ3) is 5.94. The van der Waals surface area contributed by atoms with Crippen LogP contribution in [-0.2, 0) is 22.3 Å². The standard InChI is InChI=1S/C24H23F3N2O5/c1-15(11-22(30)32-3)29(2)23(31)21-13-20(28-34-21)16-8-6-9-18(12-16)33-14-17-7-4-5-10-19(17)24(25,26)27/h4-10,12-13,15H,11,14H2,1-3H3. The molecule has 0 aliphatic heterocycles. The van der Waals surface area contributed by atoms with Gasteiger partial charge in [0.1, 0.15) is 18.1 Å². The van der Waals surface area contributed by atoms with E-state index in [-0.39, 0.29) is 24.4 Å². The molecular weight excluding hydrogens is 453 g/mol. The summed E-state index contributed by atoms with van der Waals surface area (Å²) in [4.78, 5) is 25.5. The molecule has 3 aromatic rings. The lowest BCUT2D eigenvalue weighted by molar-refractivity contribution is -0.141. The monoisotopic (exact) mass is 476 g/mol. The minimum atomic E-state index is -4.48. The van der Waals surface area contributed by atoms with Crippen LogP contribution in [0.4, 0.5) is 13.2 Å². The fourth-order valence-electron chi connectivity index (χ4n) is 3.18. The zero-order valence-electron chi connectivity index (χ0n) is 18.8. The molecule has 0 saturated carbocycles. The maximum Gasteiger partial charge on any atom is 0.416 e. The van der Waals surface area contributed by atoms with Crippen LogP contribution in [0.5, 0.6) is 5.75 Å². The lowest BCUT2D eigenvalue weighted by Crippen LogP contribution is -2.36. The lowest BCUT2D eigenvalue weighted by Gasteiger charge is -2.22. The average molecular weight is 476 g/mol. The van der Waals surface area contributed by atoms with Crippen molar-refractivity contribution < 1.29 is 36.8 Å². The van der Waals surface area contributed by atoms with Gasteiger partial charge < -0.3 is 18.9 Å². The Morgan fingerprint density at radius 2 is 1.85 bits per heavy atom. The van der Waals surface area contributed by atoms with E-state index in [0.717, 1.165) is 6.07 Å². The summed E-state index contributed by atoms with van der Waals surface area (Å²) in [5.74, 6) is -0.611. The van der Waals surface area contributed by atoms with Crippen LogP contribution in [0.15, 0.2) is 59.1 Å². The first kappa shape index (κ1) is 24.8. The van der Waals surface area contributed by atoms with Gasteiger partial charge >= 0.3 is 12.1 Å². The molecule has 1 aromatic heterocycles. The highest BCUT2D eigenvalue weighted by atomic mass is 19.4. The molecule has 10 heteroatoms. The lowest BCUT2D eigenvalue weighted by atomic mass is 10.1. The van der Waals surface area contributed by atoms with Crippen molar-refractivity contribution >= 4 is 11.9 Å². The summed E-state index contributed by atoms with van der Waals surface area (Å²) < 4.78 is 54.9. The number of rotatable bonds is 8. The number of nitrogens with zero attached hydrogens (tertiary/aromatic N) is 2. The Kier molecular flexibility index (Phi) is 7.60. The van der Waals surface area contributed by atoms with E-state index in [0.29, 0.717) is 17.0 Å².